The van der Waals surface area contributed by atoms with E-state index in [4.69, 9.17) is 0 Å². The second-order valence-corrected chi connectivity index (χ2v) is 10.5. The minimum absolute atomic E-state index is 0.0212. The van der Waals surface area contributed by atoms with Gasteiger partial charge < -0.3 is 15.5 Å². The Morgan fingerprint density at radius 1 is 1.17 bits per heavy atom. The molecule has 4 rings (SSSR count). The third-order valence-electron chi connectivity index (χ3n) is 5.88. The Morgan fingerprint density at radius 2 is 1.89 bits per heavy atom. The molecule has 1 fully saturated rings. The summed E-state index contributed by atoms with van der Waals surface area (Å²) in [4.78, 5) is 18.2. The van der Waals surface area contributed by atoms with Crippen molar-refractivity contribution < 1.29 is 26.4 Å². The SMILES string of the molecule is CC1CCN(c2nc(C(F)(F)F)ccc2CNC(=O)Nc2ccc3c(cnn3S(C)(=O)=O)c2)CC1. The third kappa shape index (κ3) is 5.66. The summed E-state index contributed by atoms with van der Waals surface area (Å²) in [7, 11) is -3.56. The largest absolute Gasteiger partial charge is 0.433 e. The fraction of sp³-hybridized carbons (Fsp3) is 0.409. The number of piperidine rings is 1. The Morgan fingerprint density at radius 3 is 2.54 bits per heavy atom. The normalized spacial score (nSPS) is 15.4. The molecule has 0 spiro atoms. The van der Waals surface area contributed by atoms with E-state index in [2.05, 4.69) is 27.6 Å². The summed E-state index contributed by atoms with van der Waals surface area (Å²) in [5, 5.41) is 9.67. The van der Waals surface area contributed by atoms with E-state index in [1.807, 2.05) is 4.90 Å². The zero-order chi connectivity index (χ0) is 25.4. The summed E-state index contributed by atoms with van der Waals surface area (Å²) in [6.07, 6.45) is -0.453. The van der Waals surface area contributed by atoms with Crippen LogP contribution in [0.15, 0.2) is 36.5 Å². The number of hydrogen-bond donors (Lipinski definition) is 2. The number of carbonyl (C=O) groups is 1. The molecule has 0 saturated carbocycles. The second kappa shape index (κ2) is 9.36. The zero-order valence-electron chi connectivity index (χ0n) is 19.1. The van der Waals surface area contributed by atoms with Crippen molar-refractivity contribution in [2.45, 2.75) is 32.5 Å². The molecule has 0 unspecified atom stereocenters. The van der Waals surface area contributed by atoms with Gasteiger partial charge in [0.05, 0.1) is 18.0 Å². The van der Waals surface area contributed by atoms with Gasteiger partial charge >= 0.3 is 12.2 Å². The van der Waals surface area contributed by atoms with Crippen LogP contribution in [0.2, 0.25) is 0 Å². The van der Waals surface area contributed by atoms with Gasteiger partial charge in [-0.2, -0.15) is 22.4 Å². The Kier molecular flexibility index (Phi) is 6.62. The zero-order valence-corrected chi connectivity index (χ0v) is 19.9. The maximum absolute atomic E-state index is 13.3. The van der Waals surface area contributed by atoms with Crippen molar-refractivity contribution in [3.63, 3.8) is 0 Å². The van der Waals surface area contributed by atoms with E-state index < -0.39 is 27.9 Å². The number of hydrogen-bond acceptors (Lipinski definition) is 6. The van der Waals surface area contributed by atoms with Crippen LogP contribution < -0.4 is 15.5 Å². The van der Waals surface area contributed by atoms with Crippen molar-refractivity contribution in [1.82, 2.24) is 19.5 Å². The highest BCUT2D eigenvalue weighted by molar-refractivity contribution is 7.89. The van der Waals surface area contributed by atoms with Gasteiger partial charge in [-0.1, -0.05) is 13.0 Å². The van der Waals surface area contributed by atoms with Gasteiger partial charge in [-0.3, -0.25) is 0 Å². The van der Waals surface area contributed by atoms with Crippen molar-refractivity contribution in [1.29, 1.82) is 0 Å². The molecule has 2 aromatic heterocycles. The lowest BCUT2D eigenvalue weighted by molar-refractivity contribution is -0.141. The van der Waals surface area contributed by atoms with Crippen LogP contribution in [-0.4, -0.2) is 48.0 Å². The molecule has 2 amide bonds. The average molecular weight is 511 g/mol. The van der Waals surface area contributed by atoms with Crippen molar-refractivity contribution in [3.8, 4) is 0 Å². The number of fused-ring (bicyclic) bond motifs is 1. The van der Waals surface area contributed by atoms with Crippen LogP contribution in [0.1, 0.15) is 31.0 Å². The minimum Gasteiger partial charge on any atom is -0.356 e. The number of rotatable bonds is 5. The lowest BCUT2D eigenvalue weighted by Crippen LogP contribution is -2.35. The molecule has 35 heavy (non-hydrogen) atoms. The van der Waals surface area contributed by atoms with Gasteiger partial charge in [-0.05, 0) is 43.0 Å². The number of benzene rings is 1. The quantitative estimate of drug-likeness (QED) is 0.540. The highest BCUT2D eigenvalue weighted by atomic mass is 32.2. The molecule has 0 bridgehead atoms. The van der Waals surface area contributed by atoms with Gasteiger partial charge in [0, 0.05) is 36.3 Å². The predicted octanol–water partition coefficient (Wildman–Crippen LogP) is 3.82. The van der Waals surface area contributed by atoms with E-state index in [0.29, 0.717) is 41.2 Å². The molecule has 2 N–H and O–H groups in total. The number of nitrogens with zero attached hydrogens (tertiary/aromatic N) is 4. The molecule has 188 valence electrons. The highest BCUT2D eigenvalue weighted by Crippen LogP contribution is 2.32. The van der Waals surface area contributed by atoms with Gasteiger partial charge in [-0.15, -0.1) is 0 Å². The predicted molar refractivity (Wildman–Crippen MR) is 126 cm³/mol. The first kappa shape index (κ1) is 24.8. The molecule has 3 aromatic rings. The Balaban J connectivity index is 1.48. The minimum atomic E-state index is -4.56. The summed E-state index contributed by atoms with van der Waals surface area (Å²) < 4.78 is 64.2. The number of urea groups is 1. The van der Waals surface area contributed by atoms with E-state index >= 15 is 0 Å². The first-order chi connectivity index (χ1) is 16.4. The molecule has 1 aliphatic heterocycles. The number of anilines is 2. The monoisotopic (exact) mass is 510 g/mol. The second-order valence-electron chi connectivity index (χ2n) is 8.68. The summed E-state index contributed by atoms with van der Waals surface area (Å²) >= 11 is 0. The maximum atomic E-state index is 13.3. The number of nitrogens with one attached hydrogen (secondary N) is 2. The molecular formula is C22H25F3N6O3S. The summed E-state index contributed by atoms with van der Waals surface area (Å²) in [6, 6.07) is 6.31. The number of halogens is 3. The van der Waals surface area contributed by atoms with Gasteiger partial charge in [0.2, 0.25) is 0 Å². The van der Waals surface area contributed by atoms with Crippen LogP contribution in [-0.2, 0) is 22.7 Å². The fourth-order valence-electron chi connectivity index (χ4n) is 3.97. The van der Waals surface area contributed by atoms with Gasteiger partial charge in [0.1, 0.15) is 11.5 Å². The van der Waals surface area contributed by atoms with Crippen LogP contribution in [0.25, 0.3) is 10.9 Å². The topological polar surface area (TPSA) is 109 Å². The van der Waals surface area contributed by atoms with Crippen molar-refractivity contribution in [3.05, 3.63) is 47.8 Å². The van der Waals surface area contributed by atoms with Crippen molar-refractivity contribution >= 4 is 38.5 Å². The van der Waals surface area contributed by atoms with E-state index in [-0.39, 0.29) is 12.4 Å². The number of carbonyl (C=O) groups excluding carboxylic acids is 1. The molecular weight excluding hydrogens is 485 g/mol. The van der Waals surface area contributed by atoms with E-state index in [9.17, 15) is 26.4 Å². The van der Waals surface area contributed by atoms with Crippen LogP contribution >= 0.6 is 0 Å². The summed E-state index contributed by atoms with van der Waals surface area (Å²) in [6.45, 7) is 3.27. The first-order valence-electron chi connectivity index (χ1n) is 11.0. The third-order valence-corrected chi connectivity index (χ3v) is 6.80. The molecule has 3 heterocycles. The van der Waals surface area contributed by atoms with Crippen molar-refractivity contribution in [2.75, 3.05) is 29.6 Å². The van der Waals surface area contributed by atoms with Crippen molar-refractivity contribution in [2.24, 2.45) is 5.92 Å². The molecule has 0 radical (unpaired) electrons. The number of aromatic nitrogens is 3. The highest BCUT2D eigenvalue weighted by Gasteiger charge is 2.34. The Labute approximate surface area is 200 Å². The van der Waals surface area contributed by atoms with Crippen LogP contribution in [0.5, 0.6) is 0 Å². The number of alkyl halides is 3. The van der Waals surface area contributed by atoms with Crippen LogP contribution in [0, 0.1) is 5.92 Å². The lowest BCUT2D eigenvalue weighted by atomic mass is 9.99. The van der Waals surface area contributed by atoms with Crippen LogP contribution in [0.3, 0.4) is 0 Å². The summed E-state index contributed by atoms with van der Waals surface area (Å²) in [5.41, 5.74) is 0.281. The smallest absolute Gasteiger partial charge is 0.356 e. The van der Waals surface area contributed by atoms with E-state index in [1.165, 1.54) is 24.4 Å². The standard InChI is InChI=1S/C22H25F3N6O3S/c1-14-7-9-30(10-8-14)20-15(3-6-19(29-20)22(23,24)25)12-26-21(32)28-17-4-5-18-16(11-17)13-27-31(18)35(2,33)34/h3-6,11,13-14H,7-10,12H2,1-2H3,(H2,26,28,32). The molecule has 1 aromatic carbocycles. The Bertz CT molecular complexity index is 1350. The Hall–Kier alpha value is -3.35. The number of pyridine rings is 1. The summed E-state index contributed by atoms with van der Waals surface area (Å²) in [5.74, 6) is 0.716. The molecule has 0 atom stereocenters. The molecule has 13 heteroatoms. The lowest BCUT2D eigenvalue weighted by Gasteiger charge is -2.33. The van der Waals surface area contributed by atoms with E-state index in [0.717, 1.165) is 29.3 Å². The van der Waals surface area contributed by atoms with Gasteiger partial charge in [-0.25, -0.2) is 18.2 Å². The molecule has 1 saturated heterocycles. The molecule has 0 aliphatic carbocycles. The first-order valence-corrected chi connectivity index (χ1v) is 12.8. The van der Waals surface area contributed by atoms with Crippen LogP contribution in [0.4, 0.5) is 29.5 Å². The fourth-order valence-corrected chi connectivity index (χ4v) is 4.71. The van der Waals surface area contributed by atoms with Gasteiger partial charge in [0.25, 0.3) is 10.0 Å². The van der Waals surface area contributed by atoms with Gasteiger partial charge in [0.15, 0.2) is 0 Å². The number of amides is 2. The molecule has 1 aliphatic rings. The van der Waals surface area contributed by atoms with E-state index in [1.54, 1.807) is 6.07 Å². The maximum Gasteiger partial charge on any atom is 0.433 e. The average Bonchev–Trinajstić information content (AvgIpc) is 3.21. The molecule has 9 nitrogen and oxygen atoms in total.